The van der Waals surface area contributed by atoms with Gasteiger partial charge in [-0.05, 0) is 43.5 Å². The Morgan fingerprint density at radius 1 is 1.09 bits per heavy atom. The van der Waals surface area contributed by atoms with E-state index in [1.165, 1.54) is 6.42 Å². The summed E-state index contributed by atoms with van der Waals surface area (Å²) in [5, 5.41) is 0. The second kappa shape index (κ2) is 5.88. The Kier molecular flexibility index (Phi) is 3.58. The van der Waals surface area contributed by atoms with Crippen LogP contribution in [0.1, 0.15) is 19.3 Å². The van der Waals surface area contributed by atoms with Gasteiger partial charge in [0.15, 0.2) is 0 Å². The minimum absolute atomic E-state index is 0.129. The third-order valence-electron chi connectivity index (χ3n) is 4.58. The van der Waals surface area contributed by atoms with Gasteiger partial charge < -0.3 is 9.47 Å². The van der Waals surface area contributed by atoms with Crippen molar-refractivity contribution in [3.05, 3.63) is 60.9 Å². The first-order chi connectivity index (χ1) is 11.3. The summed E-state index contributed by atoms with van der Waals surface area (Å²) >= 11 is 0. The van der Waals surface area contributed by atoms with E-state index in [1.54, 1.807) is 6.33 Å². The van der Waals surface area contributed by atoms with Crippen molar-refractivity contribution in [1.82, 2.24) is 9.55 Å². The number of hydrogen-bond donors (Lipinski definition) is 0. The molecule has 1 aromatic heterocycles. The number of anilines is 1. The van der Waals surface area contributed by atoms with Gasteiger partial charge in [-0.2, -0.15) is 0 Å². The average Bonchev–Trinajstić information content (AvgIpc) is 2.94. The molecule has 1 heterocycles. The van der Waals surface area contributed by atoms with E-state index in [0.717, 1.165) is 29.6 Å². The van der Waals surface area contributed by atoms with Crippen molar-refractivity contribution >= 4 is 22.6 Å². The van der Waals surface area contributed by atoms with E-state index in [1.807, 2.05) is 64.1 Å². The van der Waals surface area contributed by atoms with Crippen LogP contribution in [0.2, 0.25) is 0 Å². The lowest BCUT2D eigenvalue weighted by Crippen LogP contribution is -2.45. The number of imidazole rings is 1. The van der Waals surface area contributed by atoms with Gasteiger partial charge in [0.05, 0.1) is 17.4 Å². The number of hydrogen-bond acceptors (Lipinski definition) is 2. The zero-order valence-corrected chi connectivity index (χ0v) is 12.9. The molecule has 23 heavy (non-hydrogen) atoms. The molecule has 0 spiro atoms. The van der Waals surface area contributed by atoms with Crippen LogP contribution >= 0.6 is 0 Å². The van der Waals surface area contributed by atoms with Gasteiger partial charge in [0, 0.05) is 11.7 Å². The number of carbonyl (C=O) groups excluding carboxylic acids is 1. The molecule has 0 saturated heterocycles. The van der Waals surface area contributed by atoms with Crippen LogP contribution in [0.5, 0.6) is 0 Å². The van der Waals surface area contributed by atoms with Gasteiger partial charge in [0.1, 0.15) is 6.54 Å². The summed E-state index contributed by atoms with van der Waals surface area (Å²) in [5.41, 5.74) is 2.92. The Labute approximate surface area is 135 Å². The summed E-state index contributed by atoms with van der Waals surface area (Å²) in [6, 6.07) is 18.2. The lowest BCUT2D eigenvalue weighted by atomic mass is 9.91. The normalized spacial score (nSPS) is 14.6. The van der Waals surface area contributed by atoms with Crippen LogP contribution in [0, 0.1) is 0 Å². The molecular formula is C19H19N3O. The maximum atomic E-state index is 13.0. The van der Waals surface area contributed by atoms with Crippen LogP contribution in [0.4, 0.5) is 5.69 Å². The largest absolute Gasteiger partial charge is 0.321 e. The molecule has 0 radical (unpaired) electrons. The number of aromatic nitrogens is 2. The maximum Gasteiger partial charge on any atom is 0.247 e. The van der Waals surface area contributed by atoms with E-state index in [0.29, 0.717) is 12.6 Å². The van der Waals surface area contributed by atoms with Crippen molar-refractivity contribution in [1.29, 1.82) is 0 Å². The highest BCUT2D eigenvalue weighted by molar-refractivity contribution is 5.94. The predicted molar refractivity (Wildman–Crippen MR) is 91.3 cm³/mol. The molecule has 4 nitrogen and oxygen atoms in total. The van der Waals surface area contributed by atoms with Crippen LogP contribution in [0.15, 0.2) is 60.9 Å². The summed E-state index contributed by atoms with van der Waals surface area (Å²) in [6.45, 7) is 0.325. The van der Waals surface area contributed by atoms with Crippen LogP contribution in [0.25, 0.3) is 11.0 Å². The average molecular weight is 305 g/mol. The van der Waals surface area contributed by atoms with Crippen molar-refractivity contribution in [2.45, 2.75) is 31.8 Å². The number of fused-ring (bicyclic) bond motifs is 1. The van der Waals surface area contributed by atoms with E-state index in [2.05, 4.69) is 4.98 Å². The van der Waals surface area contributed by atoms with Gasteiger partial charge in [0.25, 0.3) is 0 Å². The molecule has 3 aromatic rings. The maximum absolute atomic E-state index is 13.0. The van der Waals surface area contributed by atoms with Crippen LogP contribution in [-0.4, -0.2) is 21.5 Å². The van der Waals surface area contributed by atoms with Gasteiger partial charge in [-0.3, -0.25) is 4.79 Å². The molecule has 2 aromatic carbocycles. The zero-order chi connectivity index (χ0) is 15.6. The van der Waals surface area contributed by atoms with Crippen LogP contribution in [-0.2, 0) is 11.3 Å². The highest BCUT2D eigenvalue weighted by Gasteiger charge is 2.30. The zero-order valence-electron chi connectivity index (χ0n) is 12.9. The lowest BCUT2D eigenvalue weighted by molar-refractivity contribution is -0.120. The fraction of sp³-hybridized carbons (Fsp3) is 0.263. The molecule has 0 N–H and O–H groups in total. The monoisotopic (exact) mass is 305 g/mol. The first-order valence-corrected chi connectivity index (χ1v) is 8.10. The molecule has 4 rings (SSSR count). The molecular weight excluding hydrogens is 286 g/mol. The van der Waals surface area contributed by atoms with Crippen molar-refractivity contribution in [3.8, 4) is 0 Å². The van der Waals surface area contributed by atoms with E-state index < -0.39 is 0 Å². The Balaban J connectivity index is 1.63. The van der Waals surface area contributed by atoms with Crippen LogP contribution < -0.4 is 4.90 Å². The molecule has 0 atom stereocenters. The Hall–Kier alpha value is -2.62. The van der Waals surface area contributed by atoms with Gasteiger partial charge in [-0.15, -0.1) is 0 Å². The molecule has 0 unspecified atom stereocenters. The summed E-state index contributed by atoms with van der Waals surface area (Å²) in [5.74, 6) is 0.129. The second-order valence-corrected chi connectivity index (χ2v) is 6.05. The fourth-order valence-electron chi connectivity index (χ4n) is 3.15. The minimum Gasteiger partial charge on any atom is -0.321 e. The van der Waals surface area contributed by atoms with Crippen molar-refractivity contribution in [3.63, 3.8) is 0 Å². The standard InChI is InChI=1S/C19H19N3O/c23-19(13-21-14-20-17-11-4-5-12-18(17)21)22(16-9-6-10-16)15-7-2-1-3-8-15/h1-5,7-8,11-12,14,16H,6,9-10,13H2. The van der Waals surface area contributed by atoms with Gasteiger partial charge >= 0.3 is 0 Å². The molecule has 116 valence electrons. The molecule has 1 amide bonds. The van der Waals surface area contributed by atoms with Crippen molar-refractivity contribution in [2.24, 2.45) is 0 Å². The molecule has 1 saturated carbocycles. The smallest absolute Gasteiger partial charge is 0.247 e. The molecule has 4 heteroatoms. The fourth-order valence-corrected chi connectivity index (χ4v) is 3.15. The van der Waals surface area contributed by atoms with Gasteiger partial charge in [-0.1, -0.05) is 30.3 Å². The lowest BCUT2D eigenvalue weighted by Gasteiger charge is -2.37. The topological polar surface area (TPSA) is 38.1 Å². The summed E-state index contributed by atoms with van der Waals surface area (Å²) in [6.07, 6.45) is 5.14. The number of para-hydroxylation sites is 3. The Morgan fingerprint density at radius 2 is 1.83 bits per heavy atom. The number of rotatable bonds is 4. The first kappa shape index (κ1) is 14.0. The van der Waals surface area contributed by atoms with Crippen molar-refractivity contribution in [2.75, 3.05) is 4.90 Å². The van der Waals surface area contributed by atoms with E-state index in [-0.39, 0.29) is 5.91 Å². The highest BCUT2D eigenvalue weighted by atomic mass is 16.2. The summed E-state index contributed by atoms with van der Waals surface area (Å²) < 4.78 is 1.94. The van der Waals surface area contributed by atoms with E-state index in [9.17, 15) is 4.79 Å². The van der Waals surface area contributed by atoms with E-state index >= 15 is 0 Å². The predicted octanol–water partition coefficient (Wildman–Crippen LogP) is 3.62. The number of benzene rings is 2. The molecule has 0 bridgehead atoms. The van der Waals surface area contributed by atoms with Gasteiger partial charge in [-0.25, -0.2) is 4.98 Å². The minimum atomic E-state index is 0.129. The Bertz CT molecular complexity index is 821. The highest BCUT2D eigenvalue weighted by Crippen LogP contribution is 2.30. The third kappa shape index (κ3) is 2.61. The number of nitrogens with zero attached hydrogens (tertiary/aromatic N) is 3. The second-order valence-electron chi connectivity index (χ2n) is 6.05. The molecule has 1 fully saturated rings. The SMILES string of the molecule is O=C(Cn1cnc2ccccc21)N(c1ccccc1)C1CCC1. The third-order valence-corrected chi connectivity index (χ3v) is 4.58. The molecule has 1 aliphatic carbocycles. The van der Waals surface area contributed by atoms with Crippen molar-refractivity contribution < 1.29 is 4.79 Å². The molecule has 1 aliphatic rings. The number of amides is 1. The van der Waals surface area contributed by atoms with Crippen LogP contribution in [0.3, 0.4) is 0 Å². The quantitative estimate of drug-likeness (QED) is 0.738. The van der Waals surface area contributed by atoms with E-state index in [4.69, 9.17) is 0 Å². The summed E-state index contributed by atoms with van der Waals surface area (Å²) in [7, 11) is 0. The first-order valence-electron chi connectivity index (χ1n) is 8.10. The molecule has 0 aliphatic heterocycles. The Morgan fingerprint density at radius 3 is 2.57 bits per heavy atom. The van der Waals surface area contributed by atoms with Gasteiger partial charge in [0.2, 0.25) is 5.91 Å². The number of carbonyl (C=O) groups is 1. The summed E-state index contributed by atoms with van der Waals surface area (Å²) in [4.78, 5) is 19.3.